The van der Waals surface area contributed by atoms with Crippen LogP contribution in [0.5, 0.6) is 5.75 Å². The number of H-pyrrole nitrogens is 1. The molecule has 2 aromatic carbocycles. The van der Waals surface area contributed by atoms with Crippen LogP contribution in [0, 0.1) is 13.8 Å². The lowest BCUT2D eigenvalue weighted by Gasteiger charge is -2.15. The Balaban J connectivity index is 1.87. The number of aryl methyl sites for hydroxylation is 1. The molecule has 3 rings (SSSR count). The average Bonchev–Trinajstić information content (AvgIpc) is 2.89. The lowest BCUT2D eigenvalue weighted by Crippen LogP contribution is -2.01. The van der Waals surface area contributed by atoms with Crippen LogP contribution in [0.2, 0.25) is 0 Å². The summed E-state index contributed by atoms with van der Waals surface area (Å²) in [5, 5.41) is 0.902. The van der Waals surface area contributed by atoms with E-state index in [0.29, 0.717) is 0 Å². The van der Waals surface area contributed by atoms with Gasteiger partial charge in [-0.3, -0.25) is 0 Å². The Labute approximate surface area is 134 Å². The molecule has 0 bridgehead atoms. The molecule has 114 valence electrons. The number of ether oxygens (including phenoxy) is 1. The fourth-order valence-electron chi connectivity index (χ4n) is 2.68. The van der Waals surface area contributed by atoms with Gasteiger partial charge in [-0.15, -0.1) is 0 Å². The topological polar surface area (TPSA) is 63.9 Å². The first-order chi connectivity index (χ1) is 10.6. The molecule has 0 fully saturated rings. The van der Waals surface area contributed by atoms with Gasteiger partial charge in [0.15, 0.2) is 5.16 Å². The van der Waals surface area contributed by atoms with Crippen LogP contribution in [0.15, 0.2) is 35.5 Å². The molecule has 0 aliphatic heterocycles. The lowest BCUT2D eigenvalue weighted by atomic mass is 10.0. The van der Waals surface area contributed by atoms with Crippen molar-refractivity contribution in [3.63, 3.8) is 0 Å². The van der Waals surface area contributed by atoms with Crippen molar-refractivity contribution in [2.24, 2.45) is 0 Å². The van der Waals surface area contributed by atoms with E-state index in [1.165, 1.54) is 0 Å². The summed E-state index contributed by atoms with van der Waals surface area (Å²) in [6.07, 6.45) is 0. The molecule has 1 aromatic heterocycles. The number of anilines is 1. The van der Waals surface area contributed by atoms with E-state index in [1.807, 2.05) is 37.3 Å². The predicted octanol–water partition coefficient (Wildman–Crippen LogP) is 4.06. The van der Waals surface area contributed by atoms with Crippen molar-refractivity contribution in [3.05, 3.63) is 47.0 Å². The van der Waals surface area contributed by atoms with Crippen molar-refractivity contribution in [3.8, 4) is 5.75 Å². The minimum absolute atomic E-state index is 0.758. The normalized spacial score (nSPS) is 11.0. The molecular weight excluding hydrogens is 294 g/mol. The number of benzene rings is 2. The summed E-state index contributed by atoms with van der Waals surface area (Å²) in [5.41, 5.74) is 12.3. The van der Waals surface area contributed by atoms with Crippen LogP contribution >= 0.6 is 11.8 Å². The summed E-state index contributed by atoms with van der Waals surface area (Å²) in [6, 6.07) is 10.00. The van der Waals surface area contributed by atoms with E-state index < -0.39 is 0 Å². The van der Waals surface area contributed by atoms with E-state index in [4.69, 9.17) is 10.5 Å². The summed E-state index contributed by atoms with van der Waals surface area (Å²) in [5.74, 6) is 1.67. The number of nitrogen functional groups attached to an aromatic ring is 1. The van der Waals surface area contributed by atoms with Gasteiger partial charge < -0.3 is 15.5 Å². The molecule has 3 N–H and O–H groups in total. The number of nitrogens with zero attached hydrogens (tertiary/aromatic N) is 1. The van der Waals surface area contributed by atoms with Gasteiger partial charge in [0.05, 0.1) is 18.1 Å². The Hall–Kier alpha value is -2.14. The van der Waals surface area contributed by atoms with Gasteiger partial charge >= 0.3 is 0 Å². The van der Waals surface area contributed by atoms with Crippen molar-refractivity contribution in [1.29, 1.82) is 0 Å². The molecule has 0 atom stereocenters. The van der Waals surface area contributed by atoms with Crippen LogP contribution in [0.3, 0.4) is 0 Å². The monoisotopic (exact) mass is 313 g/mol. The summed E-state index contributed by atoms with van der Waals surface area (Å²) in [6.45, 7) is 4.06. The van der Waals surface area contributed by atoms with Crippen molar-refractivity contribution in [1.82, 2.24) is 9.97 Å². The lowest BCUT2D eigenvalue weighted by molar-refractivity contribution is 0.408. The smallest absolute Gasteiger partial charge is 0.166 e. The van der Waals surface area contributed by atoms with Gasteiger partial charge in [0, 0.05) is 11.4 Å². The molecule has 0 spiro atoms. The molecule has 0 amide bonds. The van der Waals surface area contributed by atoms with Crippen molar-refractivity contribution >= 4 is 28.5 Å². The summed E-state index contributed by atoms with van der Waals surface area (Å²) in [7, 11) is 1.70. The zero-order valence-electron chi connectivity index (χ0n) is 12.9. The highest BCUT2D eigenvalue weighted by Gasteiger charge is 2.13. The molecule has 4 nitrogen and oxygen atoms in total. The third-order valence-corrected chi connectivity index (χ3v) is 4.70. The van der Waals surface area contributed by atoms with Crippen LogP contribution in [-0.4, -0.2) is 17.1 Å². The molecule has 3 aromatic rings. The number of nitrogens with one attached hydrogen (secondary N) is 1. The largest absolute Gasteiger partial charge is 0.496 e. The number of rotatable bonds is 4. The van der Waals surface area contributed by atoms with E-state index in [9.17, 15) is 0 Å². The number of nitrogens with two attached hydrogens (primary N) is 1. The highest BCUT2D eigenvalue weighted by atomic mass is 32.2. The van der Waals surface area contributed by atoms with E-state index in [0.717, 1.165) is 50.1 Å². The zero-order valence-corrected chi connectivity index (χ0v) is 13.8. The number of thioether (sulfide) groups is 1. The highest BCUT2D eigenvalue weighted by Crippen LogP contribution is 2.34. The number of para-hydroxylation sites is 2. The van der Waals surface area contributed by atoms with Gasteiger partial charge in [-0.2, -0.15) is 0 Å². The first-order valence-electron chi connectivity index (χ1n) is 7.10. The molecule has 0 saturated carbocycles. The highest BCUT2D eigenvalue weighted by molar-refractivity contribution is 7.98. The second-order valence-corrected chi connectivity index (χ2v) is 6.23. The number of hydrogen-bond donors (Lipinski definition) is 2. The molecule has 0 saturated heterocycles. The fraction of sp³-hybridized carbons (Fsp3) is 0.235. The van der Waals surface area contributed by atoms with Gasteiger partial charge in [0.25, 0.3) is 0 Å². The van der Waals surface area contributed by atoms with Crippen molar-refractivity contribution < 1.29 is 4.74 Å². The van der Waals surface area contributed by atoms with Crippen LogP contribution in [0.1, 0.15) is 16.7 Å². The molecule has 0 unspecified atom stereocenters. The van der Waals surface area contributed by atoms with Crippen molar-refractivity contribution in [2.75, 3.05) is 12.8 Å². The van der Waals surface area contributed by atoms with E-state index in [2.05, 4.69) is 16.9 Å². The molecule has 0 aliphatic rings. The number of hydrogen-bond acceptors (Lipinski definition) is 4. The number of imidazole rings is 1. The molecule has 0 aliphatic carbocycles. The van der Waals surface area contributed by atoms with Gasteiger partial charge in [-0.25, -0.2) is 4.98 Å². The molecule has 1 heterocycles. The minimum Gasteiger partial charge on any atom is -0.496 e. The number of methoxy groups -OCH3 is 1. The zero-order chi connectivity index (χ0) is 15.7. The Morgan fingerprint density at radius 3 is 2.77 bits per heavy atom. The molecule has 22 heavy (non-hydrogen) atoms. The standard InChI is InChI=1S/C17H19N3OS/c1-10-8-13(18)12(11(2)16(10)21-3)9-22-17-19-14-6-4-5-7-15(14)20-17/h4-8H,9,18H2,1-3H3,(H,19,20). The maximum absolute atomic E-state index is 6.19. The van der Waals surface area contributed by atoms with Crippen LogP contribution < -0.4 is 10.5 Å². The third kappa shape index (κ3) is 2.64. The Kier molecular flexibility index (Phi) is 3.98. The SMILES string of the molecule is COc1c(C)cc(N)c(CSc2nc3ccccc3[nH]2)c1C. The van der Waals surface area contributed by atoms with Gasteiger partial charge in [0.2, 0.25) is 0 Å². The van der Waals surface area contributed by atoms with Gasteiger partial charge in [-0.05, 0) is 48.7 Å². The molecular formula is C17H19N3OS. The Morgan fingerprint density at radius 2 is 2.05 bits per heavy atom. The quantitative estimate of drug-likeness (QED) is 0.563. The van der Waals surface area contributed by atoms with Crippen LogP contribution in [-0.2, 0) is 5.75 Å². The fourth-order valence-corrected chi connectivity index (χ4v) is 3.69. The van der Waals surface area contributed by atoms with E-state index in [-0.39, 0.29) is 0 Å². The predicted molar refractivity (Wildman–Crippen MR) is 92.5 cm³/mol. The maximum Gasteiger partial charge on any atom is 0.166 e. The van der Waals surface area contributed by atoms with Gasteiger partial charge in [-0.1, -0.05) is 23.9 Å². The van der Waals surface area contributed by atoms with Crippen LogP contribution in [0.4, 0.5) is 5.69 Å². The number of aromatic nitrogens is 2. The maximum atomic E-state index is 6.19. The van der Waals surface area contributed by atoms with Gasteiger partial charge in [0.1, 0.15) is 5.75 Å². The number of aromatic amines is 1. The second-order valence-electron chi connectivity index (χ2n) is 5.27. The van der Waals surface area contributed by atoms with Crippen molar-refractivity contribution in [2.45, 2.75) is 24.8 Å². The third-order valence-electron chi connectivity index (χ3n) is 3.80. The average molecular weight is 313 g/mol. The summed E-state index contributed by atoms with van der Waals surface area (Å²) < 4.78 is 5.48. The first-order valence-corrected chi connectivity index (χ1v) is 8.08. The minimum atomic E-state index is 0.758. The molecule has 5 heteroatoms. The summed E-state index contributed by atoms with van der Waals surface area (Å²) >= 11 is 1.65. The number of fused-ring (bicyclic) bond motifs is 1. The molecule has 0 radical (unpaired) electrons. The van der Waals surface area contributed by atoms with E-state index in [1.54, 1.807) is 18.9 Å². The summed E-state index contributed by atoms with van der Waals surface area (Å²) in [4.78, 5) is 7.91. The van der Waals surface area contributed by atoms with Crippen LogP contribution in [0.25, 0.3) is 11.0 Å². The Morgan fingerprint density at radius 1 is 1.27 bits per heavy atom. The second kappa shape index (κ2) is 5.93. The first kappa shape index (κ1) is 14.8. The van der Waals surface area contributed by atoms with E-state index >= 15 is 0 Å². The Bertz CT molecular complexity index is 793.